The van der Waals surface area contributed by atoms with Crippen molar-refractivity contribution in [3.05, 3.63) is 24.3 Å². The van der Waals surface area contributed by atoms with Gasteiger partial charge in [0.05, 0.1) is 7.11 Å². The molecule has 1 aliphatic rings. The number of nitrogens with one attached hydrogen (secondary N) is 1. The van der Waals surface area contributed by atoms with Crippen LogP contribution in [0.15, 0.2) is 24.3 Å². The van der Waals surface area contributed by atoms with Crippen LogP contribution in [0.3, 0.4) is 0 Å². The molecule has 0 atom stereocenters. The first kappa shape index (κ1) is 13.1. The first-order valence-electron chi connectivity index (χ1n) is 5.90. The summed E-state index contributed by atoms with van der Waals surface area (Å²) in [5.74, 6) is 1.71. The molecule has 1 aliphatic heterocycles. The largest absolute Gasteiger partial charge is 0.497 e. The second-order valence-electron chi connectivity index (χ2n) is 4.36. The van der Waals surface area contributed by atoms with E-state index in [9.17, 15) is 9.90 Å². The van der Waals surface area contributed by atoms with Crippen LogP contribution in [0.5, 0.6) is 5.75 Å². The minimum atomic E-state index is -0.836. The van der Waals surface area contributed by atoms with E-state index in [2.05, 4.69) is 5.32 Å². The summed E-state index contributed by atoms with van der Waals surface area (Å²) >= 11 is 1.80. The number of carboxylic acid groups (broad SMARTS) is 1. The molecule has 1 aromatic rings. The molecule has 4 nitrogen and oxygen atoms in total. The van der Waals surface area contributed by atoms with E-state index in [0.717, 1.165) is 22.9 Å². The van der Waals surface area contributed by atoms with Gasteiger partial charge in [0.2, 0.25) is 0 Å². The van der Waals surface area contributed by atoms with E-state index >= 15 is 0 Å². The van der Waals surface area contributed by atoms with E-state index in [1.165, 1.54) is 0 Å². The number of aliphatic carboxylic acids is 1. The van der Waals surface area contributed by atoms with Crippen molar-refractivity contribution >= 4 is 23.4 Å². The molecule has 0 unspecified atom stereocenters. The maximum atomic E-state index is 11.5. The lowest BCUT2D eigenvalue weighted by Gasteiger charge is -2.34. The van der Waals surface area contributed by atoms with Gasteiger partial charge in [0.25, 0.3) is 0 Å². The fourth-order valence-corrected chi connectivity index (χ4v) is 3.28. The predicted octanol–water partition coefficient (Wildman–Crippen LogP) is 2.46. The SMILES string of the molecule is COc1cccc(NC2(C(=O)O)CCSCC2)c1. The molecule has 0 aromatic heterocycles. The maximum absolute atomic E-state index is 11.5. The van der Waals surface area contributed by atoms with Gasteiger partial charge in [-0.3, -0.25) is 0 Å². The fourth-order valence-electron chi connectivity index (χ4n) is 2.09. The van der Waals surface area contributed by atoms with Crippen molar-refractivity contribution in [3.63, 3.8) is 0 Å². The van der Waals surface area contributed by atoms with Crippen LogP contribution >= 0.6 is 11.8 Å². The van der Waals surface area contributed by atoms with Gasteiger partial charge in [-0.15, -0.1) is 0 Å². The average Bonchev–Trinajstić information content (AvgIpc) is 2.40. The van der Waals surface area contributed by atoms with Crippen molar-refractivity contribution in [1.82, 2.24) is 0 Å². The Morgan fingerprint density at radius 2 is 2.17 bits per heavy atom. The highest BCUT2D eigenvalue weighted by Crippen LogP contribution is 2.31. The number of anilines is 1. The molecule has 5 heteroatoms. The van der Waals surface area contributed by atoms with Crippen molar-refractivity contribution in [2.75, 3.05) is 23.9 Å². The maximum Gasteiger partial charge on any atom is 0.329 e. The van der Waals surface area contributed by atoms with Crippen LogP contribution in [0, 0.1) is 0 Å². The molecule has 0 bridgehead atoms. The smallest absolute Gasteiger partial charge is 0.329 e. The van der Waals surface area contributed by atoms with E-state index in [4.69, 9.17) is 4.74 Å². The molecule has 1 saturated heterocycles. The fraction of sp³-hybridized carbons (Fsp3) is 0.462. The van der Waals surface area contributed by atoms with E-state index in [0.29, 0.717) is 12.8 Å². The third kappa shape index (κ3) is 2.72. The Bertz CT molecular complexity index is 430. The number of rotatable bonds is 4. The van der Waals surface area contributed by atoms with Gasteiger partial charge in [-0.2, -0.15) is 11.8 Å². The molecule has 1 heterocycles. The Kier molecular flexibility index (Phi) is 4.01. The quantitative estimate of drug-likeness (QED) is 0.877. The highest BCUT2D eigenvalue weighted by molar-refractivity contribution is 7.99. The summed E-state index contributed by atoms with van der Waals surface area (Å²) < 4.78 is 5.15. The van der Waals surface area contributed by atoms with Gasteiger partial charge in [-0.05, 0) is 36.5 Å². The molecular weight excluding hydrogens is 250 g/mol. The van der Waals surface area contributed by atoms with Gasteiger partial charge in [0.1, 0.15) is 11.3 Å². The third-order valence-electron chi connectivity index (χ3n) is 3.21. The lowest BCUT2D eigenvalue weighted by molar-refractivity contribution is -0.142. The summed E-state index contributed by atoms with van der Waals surface area (Å²) in [7, 11) is 1.60. The number of carbonyl (C=O) groups is 1. The van der Waals surface area contributed by atoms with Gasteiger partial charge in [0, 0.05) is 11.8 Å². The summed E-state index contributed by atoms with van der Waals surface area (Å²) in [6.07, 6.45) is 1.29. The zero-order valence-corrected chi connectivity index (χ0v) is 11.1. The van der Waals surface area contributed by atoms with Crippen LogP contribution in [0.4, 0.5) is 5.69 Å². The molecule has 1 fully saturated rings. The zero-order chi connectivity index (χ0) is 13.0. The van der Waals surface area contributed by atoms with Gasteiger partial charge in [-0.25, -0.2) is 4.79 Å². The standard InChI is InChI=1S/C13H17NO3S/c1-17-11-4-2-3-10(9-11)14-13(12(15)16)5-7-18-8-6-13/h2-4,9,14H,5-8H2,1H3,(H,15,16). The number of benzene rings is 1. The highest BCUT2D eigenvalue weighted by atomic mass is 32.2. The minimum Gasteiger partial charge on any atom is -0.497 e. The second kappa shape index (κ2) is 5.52. The van der Waals surface area contributed by atoms with Gasteiger partial charge < -0.3 is 15.2 Å². The van der Waals surface area contributed by atoms with Crippen LogP contribution in [-0.2, 0) is 4.79 Å². The Hall–Kier alpha value is -1.36. The van der Waals surface area contributed by atoms with E-state index in [-0.39, 0.29) is 0 Å². The van der Waals surface area contributed by atoms with E-state index < -0.39 is 11.5 Å². The molecule has 0 amide bonds. The van der Waals surface area contributed by atoms with Crippen molar-refractivity contribution in [2.24, 2.45) is 0 Å². The molecule has 98 valence electrons. The average molecular weight is 267 g/mol. The number of ether oxygens (including phenoxy) is 1. The van der Waals surface area contributed by atoms with Crippen molar-refractivity contribution in [1.29, 1.82) is 0 Å². The predicted molar refractivity (Wildman–Crippen MR) is 73.5 cm³/mol. The molecular formula is C13H17NO3S. The van der Waals surface area contributed by atoms with Crippen LogP contribution in [0.2, 0.25) is 0 Å². The van der Waals surface area contributed by atoms with E-state index in [1.54, 1.807) is 18.9 Å². The van der Waals surface area contributed by atoms with Crippen LogP contribution in [0.1, 0.15) is 12.8 Å². The summed E-state index contributed by atoms with van der Waals surface area (Å²) in [6, 6.07) is 7.39. The third-order valence-corrected chi connectivity index (χ3v) is 4.19. The Morgan fingerprint density at radius 3 is 2.78 bits per heavy atom. The molecule has 0 spiro atoms. The van der Waals surface area contributed by atoms with Crippen molar-refractivity contribution < 1.29 is 14.6 Å². The Balaban J connectivity index is 2.20. The summed E-state index contributed by atoms with van der Waals surface area (Å²) in [4.78, 5) is 11.5. The molecule has 2 rings (SSSR count). The zero-order valence-electron chi connectivity index (χ0n) is 10.3. The first-order valence-corrected chi connectivity index (χ1v) is 7.05. The molecule has 0 radical (unpaired) electrons. The lowest BCUT2D eigenvalue weighted by atomic mass is 9.92. The van der Waals surface area contributed by atoms with Crippen LogP contribution < -0.4 is 10.1 Å². The Labute approximate surface area is 111 Å². The number of hydrogen-bond acceptors (Lipinski definition) is 4. The topological polar surface area (TPSA) is 58.6 Å². The number of thioether (sulfide) groups is 1. The molecule has 0 saturated carbocycles. The summed E-state index contributed by atoms with van der Waals surface area (Å²) in [5, 5.41) is 12.6. The number of carboxylic acids is 1. The van der Waals surface area contributed by atoms with Crippen molar-refractivity contribution in [3.8, 4) is 5.75 Å². The van der Waals surface area contributed by atoms with Crippen LogP contribution in [0.25, 0.3) is 0 Å². The second-order valence-corrected chi connectivity index (χ2v) is 5.58. The number of methoxy groups -OCH3 is 1. The highest BCUT2D eigenvalue weighted by Gasteiger charge is 2.39. The molecule has 2 N–H and O–H groups in total. The van der Waals surface area contributed by atoms with Gasteiger partial charge >= 0.3 is 5.97 Å². The normalized spacial score (nSPS) is 18.1. The minimum absolute atomic E-state index is 0.643. The van der Waals surface area contributed by atoms with Gasteiger partial charge in [0.15, 0.2) is 0 Å². The monoisotopic (exact) mass is 267 g/mol. The lowest BCUT2D eigenvalue weighted by Crippen LogP contribution is -2.49. The Morgan fingerprint density at radius 1 is 1.44 bits per heavy atom. The summed E-state index contributed by atoms with van der Waals surface area (Å²) in [6.45, 7) is 0. The number of hydrogen-bond donors (Lipinski definition) is 2. The van der Waals surface area contributed by atoms with Gasteiger partial charge in [-0.1, -0.05) is 6.07 Å². The summed E-state index contributed by atoms with van der Waals surface area (Å²) in [5.41, 5.74) is -0.0407. The molecule has 0 aliphatic carbocycles. The first-order chi connectivity index (χ1) is 8.66. The van der Waals surface area contributed by atoms with Crippen molar-refractivity contribution in [2.45, 2.75) is 18.4 Å². The molecule has 18 heavy (non-hydrogen) atoms. The molecule has 1 aromatic carbocycles. The van der Waals surface area contributed by atoms with Crippen LogP contribution in [-0.4, -0.2) is 35.2 Å². The van der Waals surface area contributed by atoms with E-state index in [1.807, 2.05) is 24.3 Å².